The summed E-state index contributed by atoms with van der Waals surface area (Å²) >= 11 is 0. The maximum Gasteiger partial charge on any atom is 0.356 e. The number of hydrogen-bond acceptors (Lipinski definition) is 6. The van der Waals surface area contributed by atoms with Crippen LogP contribution in [0.2, 0.25) is 0 Å². The van der Waals surface area contributed by atoms with E-state index in [4.69, 9.17) is 14.3 Å². The molecule has 0 spiro atoms. The Labute approximate surface area is 178 Å². The molecule has 2 aliphatic rings. The van der Waals surface area contributed by atoms with Crippen molar-refractivity contribution in [3.05, 3.63) is 72.3 Å². The van der Waals surface area contributed by atoms with Crippen molar-refractivity contribution in [2.75, 3.05) is 20.1 Å². The fourth-order valence-corrected chi connectivity index (χ4v) is 3.78. The molecular weight excluding hydrogens is 396 g/mol. The number of hydrogen-bond donors (Lipinski definition) is 0. The molecule has 156 valence electrons. The van der Waals surface area contributed by atoms with Crippen molar-refractivity contribution >= 4 is 28.4 Å². The van der Waals surface area contributed by atoms with Gasteiger partial charge in [-0.3, -0.25) is 0 Å². The minimum Gasteiger partial charge on any atom is -0.457 e. The molecule has 1 aromatic heterocycles. The van der Waals surface area contributed by atoms with Crippen molar-refractivity contribution in [3.8, 4) is 17.4 Å². The second-order valence-corrected chi connectivity index (χ2v) is 7.47. The van der Waals surface area contributed by atoms with E-state index in [0.717, 1.165) is 48.2 Å². The summed E-state index contributed by atoms with van der Waals surface area (Å²) < 4.78 is 12.9. The van der Waals surface area contributed by atoms with Gasteiger partial charge in [0.15, 0.2) is 0 Å². The van der Waals surface area contributed by atoms with Crippen LogP contribution < -0.4 is 14.3 Å². The lowest BCUT2D eigenvalue weighted by atomic mass is 9.98. The highest BCUT2D eigenvalue weighted by atomic mass is 16.7. The molecule has 2 aromatic carbocycles. The highest BCUT2D eigenvalue weighted by molar-refractivity contribution is 6.01. The zero-order valence-electron chi connectivity index (χ0n) is 16.9. The summed E-state index contributed by atoms with van der Waals surface area (Å²) in [6, 6.07) is 14.9. The molecule has 3 heterocycles. The predicted molar refractivity (Wildman–Crippen MR) is 115 cm³/mol. The highest BCUT2D eigenvalue weighted by Gasteiger charge is 2.28. The zero-order chi connectivity index (χ0) is 21.4. The van der Waals surface area contributed by atoms with E-state index in [9.17, 15) is 9.59 Å². The van der Waals surface area contributed by atoms with Gasteiger partial charge in [0.2, 0.25) is 5.88 Å². The summed E-state index contributed by atoms with van der Waals surface area (Å²) in [5.41, 5.74) is 2.38. The maximum atomic E-state index is 12.2. The average Bonchev–Trinajstić information content (AvgIpc) is 3.04. The van der Waals surface area contributed by atoms with Gasteiger partial charge in [-0.1, -0.05) is 24.3 Å². The first-order valence-corrected chi connectivity index (χ1v) is 10.00. The Morgan fingerprint density at radius 1 is 0.968 bits per heavy atom. The van der Waals surface area contributed by atoms with E-state index >= 15 is 0 Å². The smallest absolute Gasteiger partial charge is 0.356 e. The predicted octanol–water partition coefficient (Wildman–Crippen LogP) is 3.58. The zero-order valence-corrected chi connectivity index (χ0v) is 16.9. The second kappa shape index (κ2) is 7.77. The number of carbonyl (C=O) groups excluding carboxylic acids is 2. The SMILES string of the molecule is CN1CC=C(c2c3n(c4ccc(Oc5ccccc5)cc24)OC(=O)/C=C/C(=O)O3)CC1. The van der Waals surface area contributed by atoms with Crippen molar-refractivity contribution in [1.29, 1.82) is 0 Å². The summed E-state index contributed by atoms with van der Waals surface area (Å²) in [6.07, 6.45) is 5.00. The Bertz CT molecular complexity index is 1240. The first-order chi connectivity index (χ1) is 15.1. The Kier molecular flexibility index (Phi) is 4.80. The third-order valence-electron chi connectivity index (χ3n) is 5.30. The Balaban J connectivity index is 1.69. The molecule has 0 bridgehead atoms. The van der Waals surface area contributed by atoms with E-state index < -0.39 is 11.9 Å². The van der Waals surface area contributed by atoms with Crippen LogP contribution in [0, 0.1) is 0 Å². The quantitative estimate of drug-likeness (QED) is 0.608. The molecule has 2 aliphatic heterocycles. The molecule has 0 fully saturated rings. The number of ether oxygens (including phenoxy) is 2. The van der Waals surface area contributed by atoms with Gasteiger partial charge in [0.1, 0.15) is 11.5 Å². The van der Waals surface area contributed by atoms with Crippen LogP contribution in [0.3, 0.4) is 0 Å². The van der Waals surface area contributed by atoms with Crippen LogP contribution >= 0.6 is 0 Å². The summed E-state index contributed by atoms with van der Waals surface area (Å²) in [5, 5.41) is 0.779. The summed E-state index contributed by atoms with van der Waals surface area (Å²) in [7, 11) is 2.05. The standard InChI is InChI=1S/C24H20N2O5/c1-25-13-11-16(12-14-25)23-19-15-18(29-17-5-3-2-4-6-17)7-8-20(19)26-24(23)30-21(27)9-10-22(28)31-26/h2-11,15H,12-14H2,1H3/b10-9+. The summed E-state index contributed by atoms with van der Waals surface area (Å²) in [5.74, 6) is 0.259. The molecule has 0 amide bonds. The third-order valence-corrected chi connectivity index (χ3v) is 5.30. The lowest BCUT2D eigenvalue weighted by Gasteiger charge is -2.22. The van der Waals surface area contributed by atoms with Crippen LogP contribution in [-0.4, -0.2) is 41.7 Å². The van der Waals surface area contributed by atoms with E-state index in [1.165, 1.54) is 4.73 Å². The molecule has 0 radical (unpaired) electrons. The van der Waals surface area contributed by atoms with Crippen LogP contribution in [0.4, 0.5) is 0 Å². The number of nitrogens with zero attached hydrogens (tertiary/aromatic N) is 2. The monoisotopic (exact) mass is 416 g/mol. The minimum absolute atomic E-state index is 0.199. The van der Waals surface area contributed by atoms with Crippen LogP contribution in [0.5, 0.6) is 17.4 Å². The van der Waals surface area contributed by atoms with Gasteiger partial charge in [0, 0.05) is 30.6 Å². The molecule has 7 nitrogen and oxygen atoms in total. The highest BCUT2D eigenvalue weighted by Crippen LogP contribution is 2.41. The van der Waals surface area contributed by atoms with Crippen molar-refractivity contribution in [1.82, 2.24) is 9.63 Å². The molecular formula is C24H20N2O5. The van der Waals surface area contributed by atoms with Gasteiger partial charge in [-0.2, -0.15) is 0 Å². The first-order valence-electron chi connectivity index (χ1n) is 10.00. The van der Waals surface area contributed by atoms with Crippen LogP contribution in [0.1, 0.15) is 12.0 Å². The number of carbonyl (C=O) groups is 2. The maximum absolute atomic E-state index is 12.2. The molecule has 3 aromatic rings. The molecule has 0 unspecified atom stereocenters. The average molecular weight is 416 g/mol. The minimum atomic E-state index is -0.650. The lowest BCUT2D eigenvalue weighted by molar-refractivity contribution is -0.142. The van der Waals surface area contributed by atoms with Gasteiger partial charge in [0.05, 0.1) is 11.1 Å². The van der Waals surface area contributed by atoms with E-state index in [1.807, 2.05) is 43.4 Å². The number of para-hydroxylation sites is 1. The number of fused-ring (bicyclic) bond motifs is 3. The number of benzene rings is 2. The van der Waals surface area contributed by atoms with Crippen molar-refractivity contribution in [2.45, 2.75) is 6.42 Å². The van der Waals surface area contributed by atoms with Gasteiger partial charge in [-0.15, -0.1) is 4.73 Å². The van der Waals surface area contributed by atoms with Crippen molar-refractivity contribution < 1.29 is 23.9 Å². The van der Waals surface area contributed by atoms with Gasteiger partial charge in [-0.05, 0) is 49.4 Å². The number of aromatic nitrogens is 1. The Morgan fingerprint density at radius 2 is 1.77 bits per heavy atom. The normalized spacial score (nSPS) is 17.8. The number of likely N-dealkylation sites (N-methyl/N-ethyl adjacent to an activating group) is 1. The van der Waals surface area contributed by atoms with Crippen LogP contribution in [0.25, 0.3) is 16.5 Å². The molecule has 5 rings (SSSR count). The first kappa shape index (κ1) is 19.1. The fourth-order valence-electron chi connectivity index (χ4n) is 3.78. The number of rotatable bonds is 3. The largest absolute Gasteiger partial charge is 0.457 e. The summed E-state index contributed by atoms with van der Waals surface area (Å²) in [4.78, 5) is 32.1. The van der Waals surface area contributed by atoms with Crippen LogP contribution in [0.15, 0.2) is 66.8 Å². The van der Waals surface area contributed by atoms with E-state index in [2.05, 4.69) is 11.0 Å². The topological polar surface area (TPSA) is 70.0 Å². The van der Waals surface area contributed by atoms with Gasteiger partial charge in [0.25, 0.3) is 0 Å². The van der Waals surface area contributed by atoms with Crippen LogP contribution in [-0.2, 0) is 9.59 Å². The molecule has 7 heteroatoms. The molecule has 0 aliphatic carbocycles. The number of esters is 1. The van der Waals surface area contributed by atoms with Gasteiger partial charge >= 0.3 is 11.9 Å². The van der Waals surface area contributed by atoms with Crippen molar-refractivity contribution in [2.24, 2.45) is 0 Å². The Morgan fingerprint density at radius 3 is 2.55 bits per heavy atom. The summed E-state index contributed by atoms with van der Waals surface area (Å²) in [6.45, 7) is 1.64. The Hall–Kier alpha value is -3.84. The molecule has 0 atom stereocenters. The lowest BCUT2D eigenvalue weighted by Crippen LogP contribution is -2.25. The molecule has 31 heavy (non-hydrogen) atoms. The van der Waals surface area contributed by atoms with Gasteiger partial charge in [-0.25, -0.2) is 9.59 Å². The fraction of sp³-hybridized carbons (Fsp3) is 0.167. The molecule has 0 N–H and O–H groups in total. The van der Waals surface area contributed by atoms with E-state index in [-0.39, 0.29) is 5.88 Å². The van der Waals surface area contributed by atoms with Gasteiger partial charge < -0.3 is 19.2 Å². The van der Waals surface area contributed by atoms with Crippen molar-refractivity contribution in [3.63, 3.8) is 0 Å². The third kappa shape index (κ3) is 3.71. The second-order valence-electron chi connectivity index (χ2n) is 7.47. The molecule has 0 saturated heterocycles. The molecule has 0 saturated carbocycles. The van der Waals surface area contributed by atoms with E-state index in [1.54, 1.807) is 12.1 Å². The van der Waals surface area contributed by atoms with E-state index in [0.29, 0.717) is 17.0 Å².